The van der Waals surface area contributed by atoms with E-state index in [9.17, 15) is 9.59 Å². The number of nitrogens with one attached hydrogen (secondary N) is 2. The van der Waals surface area contributed by atoms with Crippen molar-refractivity contribution in [2.75, 3.05) is 12.8 Å². The quantitative estimate of drug-likeness (QED) is 0.372. The number of thiazole rings is 1. The van der Waals surface area contributed by atoms with Gasteiger partial charge in [-0.1, -0.05) is 23.9 Å². The summed E-state index contributed by atoms with van der Waals surface area (Å²) in [4.78, 5) is 39.6. The molecule has 4 aromatic rings. The molecule has 166 valence electrons. The predicted molar refractivity (Wildman–Crippen MR) is 129 cm³/mol. The Hall–Kier alpha value is -3.76. The van der Waals surface area contributed by atoms with E-state index in [1.165, 1.54) is 23.1 Å². The number of anilines is 1. The first-order valence-corrected chi connectivity index (χ1v) is 11.6. The van der Waals surface area contributed by atoms with Crippen molar-refractivity contribution in [1.29, 1.82) is 0 Å². The van der Waals surface area contributed by atoms with E-state index in [-0.39, 0.29) is 17.8 Å². The highest BCUT2D eigenvalue weighted by molar-refractivity contribution is 7.99. The van der Waals surface area contributed by atoms with Crippen molar-refractivity contribution in [3.63, 3.8) is 0 Å². The zero-order valence-corrected chi connectivity index (χ0v) is 19.2. The summed E-state index contributed by atoms with van der Waals surface area (Å²) in [6.07, 6.45) is 4.96. The van der Waals surface area contributed by atoms with Gasteiger partial charge >= 0.3 is 0 Å². The summed E-state index contributed by atoms with van der Waals surface area (Å²) >= 11 is 2.93. The summed E-state index contributed by atoms with van der Waals surface area (Å²) in [5.74, 6) is -0.102. The van der Waals surface area contributed by atoms with E-state index in [1.54, 1.807) is 43.8 Å². The molecule has 2 aromatic heterocycles. The molecule has 0 aliphatic rings. The maximum Gasteiger partial charge on any atom is 0.252 e. The Kier molecular flexibility index (Phi) is 6.96. The molecule has 2 amide bonds. The molecule has 2 heterocycles. The second kappa shape index (κ2) is 10.2. The first-order chi connectivity index (χ1) is 16.0. The second-order valence-electron chi connectivity index (χ2n) is 6.85. The van der Waals surface area contributed by atoms with Gasteiger partial charge in [-0.15, -0.1) is 11.3 Å². The molecule has 8 nitrogen and oxygen atoms in total. The van der Waals surface area contributed by atoms with Gasteiger partial charge in [-0.25, -0.2) is 15.0 Å². The molecule has 0 aliphatic heterocycles. The summed E-state index contributed by atoms with van der Waals surface area (Å²) in [7, 11) is 1.61. The van der Waals surface area contributed by atoms with Gasteiger partial charge in [-0.2, -0.15) is 0 Å². The minimum atomic E-state index is -0.178. The lowest BCUT2D eigenvalue weighted by molar-refractivity contribution is 0.0946. The van der Waals surface area contributed by atoms with Crippen molar-refractivity contribution in [3.8, 4) is 10.6 Å². The zero-order valence-electron chi connectivity index (χ0n) is 17.6. The summed E-state index contributed by atoms with van der Waals surface area (Å²) in [5.41, 5.74) is 7.45. The average Bonchev–Trinajstić information content (AvgIpc) is 3.32. The molecule has 0 bridgehead atoms. The summed E-state index contributed by atoms with van der Waals surface area (Å²) in [6.45, 7) is 0.363. The van der Waals surface area contributed by atoms with E-state index in [1.807, 2.05) is 30.3 Å². The SMILES string of the molecule is CNC(=O)c1ccccc1Sc1ccc(C(=O)NCc2cnc(-c3cnc(N)nc3)s2)cc1. The number of nitrogens with two attached hydrogens (primary N) is 1. The lowest BCUT2D eigenvalue weighted by atomic mass is 10.2. The molecule has 10 heteroatoms. The summed E-state index contributed by atoms with van der Waals surface area (Å²) in [5, 5.41) is 6.32. The van der Waals surface area contributed by atoms with Gasteiger partial charge in [0.15, 0.2) is 0 Å². The second-order valence-corrected chi connectivity index (χ2v) is 9.08. The molecule has 4 rings (SSSR count). The van der Waals surface area contributed by atoms with Crippen LogP contribution in [0.5, 0.6) is 0 Å². The van der Waals surface area contributed by atoms with E-state index in [0.29, 0.717) is 17.7 Å². The van der Waals surface area contributed by atoms with Gasteiger partial charge in [-0.05, 0) is 36.4 Å². The Balaban J connectivity index is 1.37. The highest BCUT2D eigenvalue weighted by Crippen LogP contribution is 2.30. The number of carbonyl (C=O) groups excluding carboxylic acids is 2. The van der Waals surface area contributed by atoms with Gasteiger partial charge in [0.2, 0.25) is 5.95 Å². The fourth-order valence-corrected chi connectivity index (χ4v) is 4.69. The smallest absolute Gasteiger partial charge is 0.252 e. The molecule has 2 aromatic carbocycles. The van der Waals surface area contributed by atoms with Crippen LogP contribution in [0, 0.1) is 0 Å². The van der Waals surface area contributed by atoms with Crippen molar-refractivity contribution >= 4 is 40.9 Å². The third kappa shape index (κ3) is 5.54. The Morgan fingerprint density at radius 3 is 2.42 bits per heavy atom. The van der Waals surface area contributed by atoms with Crippen LogP contribution in [0.4, 0.5) is 5.95 Å². The normalized spacial score (nSPS) is 10.6. The molecule has 0 saturated carbocycles. The standard InChI is InChI=1S/C23H20N6O2S2/c1-25-21(31)18-4-2-3-5-19(18)32-16-8-6-14(7-9-16)20(30)26-12-17-13-27-22(33-17)15-10-28-23(24)29-11-15/h2-11,13H,12H2,1H3,(H,25,31)(H,26,30)(H2,24,28,29). The van der Waals surface area contributed by atoms with Crippen molar-refractivity contribution in [3.05, 3.63) is 83.1 Å². The third-order valence-electron chi connectivity index (χ3n) is 4.60. The summed E-state index contributed by atoms with van der Waals surface area (Å²) < 4.78 is 0. The fourth-order valence-electron chi connectivity index (χ4n) is 2.92. The molecule has 33 heavy (non-hydrogen) atoms. The van der Waals surface area contributed by atoms with E-state index in [0.717, 1.165) is 25.2 Å². The number of rotatable bonds is 7. The van der Waals surface area contributed by atoms with Crippen LogP contribution in [-0.4, -0.2) is 33.8 Å². The number of carbonyl (C=O) groups is 2. The van der Waals surface area contributed by atoms with Crippen LogP contribution in [0.3, 0.4) is 0 Å². The number of benzene rings is 2. The highest BCUT2D eigenvalue weighted by atomic mass is 32.2. The van der Waals surface area contributed by atoms with E-state index >= 15 is 0 Å². The van der Waals surface area contributed by atoms with E-state index in [2.05, 4.69) is 25.6 Å². The number of hydrogen-bond donors (Lipinski definition) is 3. The molecule has 4 N–H and O–H groups in total. The van der Waals surface area contributed by atoms with Gasteiger partial charge in [0.25, 0.3) is 11.8 Å². The van der Waals surface area contributed by atoms with E-state index in [4.69, 9.17) is 5.73 Å². The van der Waals surface area contributed by atoms with Crippen LogP contribution < -0.4 is 16.4 Å². The summed E-state index contributed by atoms with van der Waals surface area (Å²) in [6, 6.07) is 14.7. The molecule has 0 atom stereocenters. The molecular formula is C23H20N6O2S2. The minimum absolute atomic E-state index is 0.135. The van der Waals surface area contributed by atoms with Gasteiger partial charge in [0.05, 0.1) is 12.1 Å². The van der Waals surface area contributed by atoms with Crippen LogP contribution in [0.15, 0.2) is 76.9 Å². The van der Waals surface area contributed by atoms with Crippen LogP contribution in [0.25, 0.3) is 10.6 Å². The topological polar surface area (TPSA) is 123 Å². The van der Waals surface area contributed by atoms with Crippen molar-refractivity contribution in [2.24, 2.45) is 0 Å². The van der Waals surface area contributed by atoms with E-state index < -0.39 is 0 Å². The molecule has 0 spiro atoms. The van der Waals surface area contributed by atoms with Gasteiger partial charge in [0.1, 0.15) is 5.01 Å². The Bertz CT molecular complexity index is 1270. The van der Waals surface area contributed by atoms with Crippen molar-refractivity contribution in [2.45, 2.75) is 16.3 Å². The Morgan fingerprint density at radius 1 is 0.970 bits per heavy atom. The third-order valence-corrected chi connectivity index (χ3v) is 6.73. The maximum absolute atomic E-state index is 12.6. The molecule has 0 unspecified atom stereocenters. The lowest BCUT2D eigenvalue weighted by Crippen LogP contribution is -2.22. The van der Waals surface area contributed by atoms with Crippen molar-refractivity contribution in [1.82, 2.24) is 25.6 Å². The number of nitrogens with zero attached hydrogens (tertiary/aromatic N) is 3. The molecule has 0 saturated heterocycles. The van der Waals surface area contributed by atoms with Crippen LogP contribution in [0.2, 0.25) is 0 Å². The fraction of sp³-hybridized carbons (Fsp3) is 0.0870. The maximum atomic E-state index is 12.6. The largest absolute Gasteiger partial charge is 0.368 e. The molecule has 0 aliphatic carbocycles. The predicted octanol–water partition coefficient (Wildman–Crippen LogP) is 3.62. The number of amides is 2. The molecular weight excluding hydrogens is 456 g/mol. The Labute approximate surface area is 198 Å². The lowest BCUT2D eigenvalue weighted by Gasteiger charge is -2.09. The zero-order chi connectivity index (χ0) is 23.2. The number of hydrogen-bond acceptors (Lipinski definition) is 8. The van der Waals surface area contributed by atoms with Gasteiger partial charge in [0, 0.05) is 51.4 Å². The first kappa shape index (κ1) is 22.4. The number of aromatic nitrogens is 3. The number of nitrogen functional groups attached to an aromatic ring is 1. The van der Waals surface area contributed by atoms with Gasteiger partial charge < -0.3 is 16.4 Å². The Morgan fingerprint density at radius 2 is 1.70 bits per heavy atom. The van der Waals surface area contributed by atoms with Crippen LogP contribution >= 0.6 is 23.1 Å². The molecule has 0 radical (unpaired) electrons. The van der Waals surface area contributed by atoms with Crippen LogP contribution in [-0.2, 0) is 6.54 Å². The molecule has 0 fully saturated rings. The highest BCUT2D eigenvalue weighted by Gasteiger charge is 2.12. The first-order valence-electron chi connectivity index (χ1n) is 9.93. The average molecular weight is 477 g/mol. The minimum Gasteiger partial charge on any atom is -0.368 e. The van der Waals surface area contributed by atoms with Crippen molar-refractivity contribution < 1.29 is 9.59 Å². The van der Waals surface area contributed by atoms with Gasteiger partial charge in [-0.3, -0.25) is 9.59 Å². The van der Waals surface area contributed by atoms with Crippen LogP contribution in [0.1, 0.15) is 25.6 Å². The monoisotopic (exact) mass is 476 g/mol.